The highest BCUT2D eigenvalue weighted by atomic mass is 16.5. The topological polar surface area (TPSA) is 9.23 Å². The van der Waals surface area contributed by atoms with Gasteiger partial charge >= 0.3 is 0 Å². The molecule has 0 amide bonds. The summed E-state index contributed by atoms with van der Waals surface area (Å²) in [6.45, 7) is 4.53. The van der Waals surface area contributed by atoms with E-state index < -0.39 is 0 Å². The fraction of sp³-hybridized carbons (Fsp3) is 1.00. The second-order valence-corrected chi connectivity index (χ2v) is 4.95. The Bertz CT molecular complexity index is 128. The van der Waals surface area contributed by atoms with E-state index in [2.05, 4.69) is 13.8 Å². The SMILES string of the molecule is CCCCCC1CCC(CCCCC)O1. The maximum absolute atomic E-state index is 6.05. The summed E-state index contributed by atoms with van der Waals surface area (Å²) >= 11 is 0. The largest absolute Gasteiger partial charge is 0.375 e. The lowest BCUT2D eigenvalue weighted by Gasteiger charge is -2.13. The predicted molar refractivity (Wildman–Crippen MR) is 66.2 cm³/mol. The molecule has 15 heavy (non-hydrogen) atoms. The molecule has 0 saturated carbocycles. The van der Waals surface area contributed by atoms with Crippen molar-refractivity contribution in [3.8, 4) is 0 Å². The van der Waals surface area contributed by atoms with Crippen LogP contribution in [0.5, 0.6) is 0 Å². The third-order valence-electron chi connectivity index (χ3n) is 3.45. The molecule has 0 radical (unpaired) electrons. The van der Waals surface area contributed by atoms with Gasteiger partial charge in [-0.05, 0) is 25.7 Å². The molecule has 0 spiro atoms. The van der Waals surface area contributed by atoms with Crippen molar-refractivity contribution in [3.05, 3.63) is 0 Å². The lowest BCUT2D eigenvalue weighted by molar-refractivity contribution is 0.0336. The molecule has 2 unspecified atom stereocenters. The molecule has 1 aliphatic heterocycles. The second kappa shape index (κ2) is 8.15. The van der Waals surface area contributed by atoms with E-state index in [1.165, 1.54) is 64.2 Å². The molecule has 90 valence electrons. The molecular formula is C14H28O. The van der Waals surface area contributed by atoms with E-state index in [0.717, 1.165) is 0 Å². The Morgan fingerprint density at radius 1 is 0.800 bits per heavy atom. The first-order chi connectivity index (χ1) is 7.36. The van der Waals surface area contributed by atoms with Crippen LogP contribution in [-0.2, 0) is 4.74 Å². The van der Waals surface area contributed by atoms with Gasteiger partial charge in [0, 0.05) is 0 Å². The molecule has 1 fully saturated rings. The summed E-state index contributed by atoms with van der Waals surface area (Å²) in [5.41, 5.74) is 0. The average Bonchev–Trinajstić information content (AvgIpc) is 2.67. The molecule has 1 rings (SSSR count). The summed E-state index contributed by atoms with van der Waals surface area (Å²) in [4.78, 5) is 0. The van der Waals surface area contributed by atoms with Gasteiger partial charge in [0.05, 0.1) is 12.2 Å². The lowest BCUT2D eigenvalue weighted by atomic mass is 10.1. The zero-order chi connectivity index (χ0) is 10.9. The molecular weight excluding hydrogens is 184 g/mol. The van der Waals surface area contributed by atoms with Crippen LogP contribution in [-0.4, -0.2) is 12.2 Å². The first-order valence-corrected chi connectivity index (χ1v) is 7.02. The fourth-order valence-electron chi connectivity index (χ4n) is 2.45. The average molecular weight is 212 g/mol. The standard InChI is InChI=1S/C14H28O/c1-3-5-7-9-13-11-12-14(15-13)10-8-6-4-2/h13-14H,3-12H2,1-2H3. The highest BCUT2D eigenvalue weighted by Gasteiger charge is 2.23. The Kier molecular flexibility index (Phi) is 7.08. The molecule has 1 aliphatic rings. The first kappa shape index (κ1) is 13.0. The van der Waals surface area contributed by atoms with Crippen molar-refractivity contribution in [1.29, 1.82) is 0 Å². The van der Waals surface area contributed by atoms with E-state index in [9.17, 15) is 0 Å². The van der Waals surface area contributed by atoms with Crippen LogP contribution in [0, 0.1) is 0 Å². The number of rotatable bonds is 8. The maximum Gasteiger partial charge on any atom is 0.0579 e. The molecule has 0 aliphatic carbocycles. The zero-order valence-corrected chi connectivity index (χ0v) is 10.6. The van der Waals surface area contributed by atoms with Crippen molar-refractivity contribution in [2.75, 3.05) is 0 Å². The number of hydrogen-bond acceptors (Lipinski definition) is 1. The van der Waals surface area contributed by atoms with Gasteiger partial charge in [-0.3, -0.25) is 0 Å². The Hall–Kier alpha value is -0.0400. The molecule has 1 saturated heterocycles. The molecule has 1 nitrogen and oxygen atoms in total. The van der Waals surface area contributed by atoms with Gasteiger partial charge in [0.2, 0.25) is 0 Å². The molecule has 0 bridgehead atoms. The van der Waals surface area contributed by atoms with Crippen LogP contribution in [0.3, 0.4) is 0 Å². The molecule has 2 atom stereocenters. The van der Waals surface area contributed by atoms with Crippen LogP contribution < -0.4 is 0 Å². The van der Waals surface area contributed by atoms with E-state index in [1.54, 1.807) is 0 Å². The molecule has 1 heterocycles. The monoisotopic (exact) mass is 212 g/mol. The van der Waals surface area contributed by atoms with Gasteiger partial charge in [-0.2, -0.15) is 0 Å². The summed E-state index contributed by atoms with van der Waals surface area (Å²) in [7, 11) is 0. The minimum atomic E-state index is 0.600. The van der Waals surface area contributed by atoms with Crippen LogP contribution in [0.25, 0.3) is 0 Å². The van der Waals surface area contributed by atoms with Gasteiger partial charge in [-0.15, -0.1) is 0 Å². The summed E-state index contributed by atoms with van der Waals surface area (Å²) in [5.74, 6) is 0. The van der Waals surface area contributed by atoms with E-state index in [0.29, 0.717) is 12.2 Å². The van der Waals surface area contributed by atoms with Gasteiger partial charge in [0.25, 0.3) is 0 Å². The van der Waals surface area contributed by atoms with Crippen LogP contribution >= 0.6 is 0 Å². The fourth-order valence-corrected chi connectivity index (χ4v) is 2.45. The molecule has 1 heteroatoms. The predicted octanol–water partition coefficient (Wildman–Crippen LogP) is 4.69. The summed E-state index contributed by atoms with van der Waals surface area (Å²) in [5, 5.41) is 0. The van der Waals surface area contributed by atoms with Crippen molar-refractivity contribution in [2.45, 2.75) is 90.3 Å². The van der Waals surface area contributed by atoms with E-state index in [1.807, 2.05) is 0 Å². The number of unbranched alkanes of at least 4 members (excludes halogenated alkanes) is 4. The Morgan fingerprint density at radius 3 is 1.67 bits per heavy atom. The van der Waals surface area contributed by atoms with Crippen LogP contribution in [0.15, 0.2) is 0 Å². The molecule has 0 aromatic rings. The smallest absolute Gasteiger partial charge is 0.0579 e. The van der Waals surface area contributed by atoms with Gasteiger partial charge in [-0.1, -0.05) is 52.4 Å². The Balaban J connectivity index is 1.99. The van der Waals surface area contributed by atoms with E-state index in [-0.39, 0.29) is 0 Å². The summed E-state index contributed by atoms with van der Waals surface area (Å²) < 4.78 is 6.05. The van der Waals surface area contributed by atoms with Crippen molar-refractivity contribution in [2.24, 2.45) is 0 Å². The lowest BCUT2D eigenvalue weighted by Crippen LogP contribution is -2.10. The molecule has 0 aromatic heterocycles. The van der Waals surface area contributed by atoms with E-state index in [4.69, 9.17) is 4.74 Å². The van der Waals surface area contributed by atoms with E-state index >= 15 is 0 Å². The number of hydrogen-bond donors (Lipinski definition) is 0. The van der Waals surface area contributed by atoms with Gasteiger partial charge in [0.15, 0.2) is 0 Å². The maximum atomic E-state index is 6.05. The third kappa shape index (κ3) is 5.55. The summed E-state index contributed by atoms with van der Waals surface area (Å²) in [6, 6.07) is 0. The minimum Gasteiger partial charge on any atom is -0.375 e. The van der Waals surface area contributed by atoms with Crippen molar-refractivity contribution in [3.63, 3.8) is 0 Å². The third-order valence-corrected chi connectivity index (χ3v) is 3.45. The summed E-state index contributed by atoms with van der Waals surface area (Å²) in [6.07, 6.45) is 14.6. The normalized spacial score (nSPS) is 26.0. The van der Waals surface area contributed by atoms with Crippen LogP contribution in [0.4, 0.5) is 0 Å². The van der Waals surface area contributed by atoms with Crippen molar-refractivity contribution >= 4 is 0 Å². The first-order valence-electron chi connectivity index (χ1n) is 7.02. The Morgan fingerprint density at radius 2 is 1.27 bits per heavy atom. The highest BCUT2D eigenvalue weighted by Crippen LogP contribution is 2.26. The second-order valence-electron chi connectivity index (χ2n) is 4.95. The zero-order valence-electron chi connectivity index (χ0n) is 10.6. The quantitative estimate of drug-likeness (QED) is 0.530. The molecule has 0 N–H and O–H groups in total. The van der Waals surface area contributed by atoms with Crippen LogP contribution in [0.2, 0.25) is 0 Å². The van der Waals surface area contributed by atoms with Crippen molar-refractivity contribution in [1.82, 2.24) is 0 Å². The Labute approximate surface area is 95.6 Å². The van der Waals surface area contributed by atoms with Gasteiger partial charge in [-0.25, -0.2) is 0 Å². The van der Waals surface area contributed by atoms with Gasteiger partial charge < -0.3 is 4.74 Å². The minimum absolute atomic E-state index is 0.600. The van der Waals surface area contributed by atoms with Crippen molar-refractivity contribution < 1.29 is 4.74 Å². The number of ether oxygens (including phenoxy) is 1. The highest BCUT2D eigenvalue weighted by molar-refractivity contribution is 4.73. The van der Waals surface area contributed by atoms with Crippen LogP contribution in [0.1, 0.15) is 78.1 Å². The van der Waals surface area contributed by atoms with Gasteiger partial charge in [0.1, 0.15) is 0 Å². The molecule has 0 aromatic carbocycles.